The third-order valence-electron chi connectivity index (χ3n) is 3.54. The largest absolute Gasteiger partial charge is 0.399 e. The standard InChI is InChI=1S/C14H16N2O2/c15-11-2-1-10-3-6-16(14(17)13(10)9-11)12-4-7-18-8-5-12/h1-3,6,9,12H,4-5,7-8,15H2. The van der Waals surface area contributed by atoms with Gasteiger partial charge in [0.2, 0.25) is 0 Å². The number of pyridine rings is 1. The summed E-state index contributed by atoms with van der Waals surface area (Å²) in [6.07, 6.45) is 3.68. The smallest absolute Gasteiger partial charge is 0.258 e. The number of hydrogen-bond donors (Lipinski definition) is 1. The van der Waals surface area contributed by atoms with Gasteiger partial charge in [0.15, 0.2) is 0 Å². The van der Waals surface area contributed by atoms with E-state index in [0.717, 1.165) is 31.4 Å². The van der Waals surface area contributed by atoms with E-state index in [1.807, 2.05) is 29.0 Å². The molecular formula is C14H16N2O2. The van der Waals surface area contributed by atoms with Gasteiger partial charge in [-0.05, 0) is 36.4 Å². The van der Waals surface area contributed by atoms with Gasteiger partial charge in [-0.15, -0.1) is 0 Å². The van der Waals surface area contributed by atoms with Gasteiger partial charge in [-0.1, -0.05) is 6.07 Å². The van der Waals surface area contributed by atoms with Crippen molar-refractivity contribution in [3.63, 3.8) is 0 Å². The summed E-state index contributed by atoms with van der Waals surface area (Å²) in [6, 6.07) is 7.69. The van der Waals surface area contributed by atoms with Gasteiger partial charge in [-0.3, -0.25) is 4.79 Å². The molecule has 3 rings (SSSR count). The van der Waals surface area contributed by atoms with E-state index in [9.17, 15) is 4.79 Å². The molecule has 2 aromatic rings. The molecule has 0 radical (unpaired) electrons. The summed E-state index contributed by atoms with van der Waals surface area (Å²) >= 11 is 0. The fraction of sp³-hybridized carbons (Fsp3) is 0.357. The molecule has 1 saturated heterocycles. The van der Waals surface area contributed by atoms with Gasteiger partial charge in [-0.25, -0.2) is 0 Å². The van der Waals surface area contributed by atoms with Crippen LogP contribution in [0.25, 0.3) is 10.8 Å². The molecule has 0 amide bonds. The second-order valence-corrected chi connectivity index (χ2v) is 4.72. The molecule has 1 aromatic heterocycles. The second kappa shape index (κ2) is 4.46. The number of benzene rings is 1. The third-order valence-corrected chi connectivity index (χ3v) is 3.54. The first kappa shape index (κ1) is 11.3. The molecule has 0 saturated carbocycles. The molecule has 0 aliphatic carbocycles. The van der Waals surface area contributed by atoms with Crippen LogP contribution in [0.3, 0.4) is 0 Å². The second-order valence-electron chi connectivity index (χ2n) is 4.72. The number of fused-ring (bicyclic) bond motifs is 1. The first-order valence-corrected chi connectivity index (χ1v) is 6.24. The maximum atomic E-state index is 12.4. The Morgan fingerprint density at radius 3 is 2.78 bits per heavy atom. The minimum atomic E-state index is 0.0479. The third kappa shape index (κ3) is 1.88. The number of aromatic nitrogens is 1. The van der Waals surface area contributed by atoms with E-state index >= 15 is 0 Å². The molecule has 0 atom stereocenters. The minimum Gasteiger partial charge on any atom is -0.399 e. The highest BCUT2D eigenvalue weighted by Gasteiger charge is 2.17. The molecule has 0 unspecified atom stereocenters. The number of nitrogens with two attached hydrogens (primary N) is 1. The lowest BCUT2D eigenvalue weighted by Crippen LogP contribution is -2.28. The van der Waals surface area contributed by atoms with E-state index in [1.165, 1.54) is 0 Å². The molecule has 0 spiro atoms. The molecular weight excluding hydrogens is 228 g/mol. The van der Waals surface area contributed by atoms with E-state index in [1.54, 1.807) is 6.07 Å². The number of nitrogens with zero attached hydrogens (tertiary/aromatic N) is 1. The maximum absolute atomic E-state index is 12.4. The topological polar surface area (TPSA) is 57.2 Å². The molecule has 1 aromatic carbocycles. The zero-order valence-corrected chi connectivity index (χ0v) is 10.1. The SMILES string of the molecule is Nc1ccc2ccn(C3CCOCC3)c(=O)c2c1. The monoisotopic (exact) mass is 244 g/mol. The first-order chi connectivity index (χ1) is 8.75. The Balaban J connectivity index is 2.13. The van der Waals surface area contributed by atoms with Crippen LogP contribution < -0.4 is 11.3 Å². The highest BCUT2D eigenvalue weighted by Crippen LogP contribution is 2.21. The predicted octanol–water partition coefficient (Wildman–Crippen LogP) is 1.94. The van der Waals surface area contributed by atoms with E-state index < -0.39 is 0 Å². The van der Waals surface area contributed by atoms with E-state index in [0.29, 0.717) is 11.1 Å². The number of ether oxygens (including phenoxy) is 1. The molecule has 1 aliphatic rings. The van der Waals surface area contributed by atoms with E-state index in [4.69, 9.17) is 10.5 Å². The zero-order chi connectivity index (χ0) is 12.5. The normalized spacial score (nSPS) is 17.1. The summed E-state index contributed by atoms with van der Waals surface area (Å²) in [5, 5.41) is 1.64. The van der Waals surface area contributed by atoms with E-state index in [-0.39, 0.29) is 11.6 Å². The van der Waals surface area contributed by atoms with Crippen molar-refractivity contribution in [3.8, 4) is 0 Å². The van der Waals surface area contributed by atoms with Crippen LogP contribution in [0.2, 0.25) is 0 Å². The zero-order valence-electron chi connectivity index (χ0n) is 10.1. The van der Waals surface area contributed by atoms with Gasteiger partial charge in [0.05, 0.1) is 0 Å². The summed E-state index contributed by atoms with van der Waals surface area (Å²) in [5.74, 6) is 0. The van der Waals surface area contributed by atoms with Crippen molar-refractivity contribution in [1.29, 1.82) is 0 Å². The molecule has 94 valence electrons. The lowest BCUT2D eigenvalue weighted by Gasteiger charge is -2.24. The average molecular weight is 244 g/mol. The van der Waals surface area contributed by atoms with Crippen LogP contribution in [0.15, 0.2) is 35.3 Å². The molecule has 18 heavy (non-hydrogen) atoms. The maximum Gasteiger partial charge on any atom is 0.258 e. The average Bonchev–Trinajstić information content (AvgIpc) is 2.41. The van der Waals surface area contributed by atoms with Crippen LogP contribution in [-0.4, -0.2) is 17.8 Å². The number of anilines is 1. The van der Waals surface area contributed by atoms with E-state index in [2.05, 4.69) is 0 Å². The van der Waals surface area contributed by atoms with Gasteiger partial charge in [-0.2, -0.15) is 0 Å². The molecule has 2 heterocycles. The Morgan fingerprint density at radius 2 is 2.00 bits per heavy atom. The Hall–Kier alpha value is -1.81. The van der Waals surface area contributed by atoms with Crippen LogP contribution in [0.5, 0.6) is 0 Å². The summed E-state index contributed by atoms with van der Waals surface area (Å²) in [4.78, 5) is 12.4. The molecule has 0 bridgehead atoms. The Bertz CT molecular complexity index is 627. The van der Waals surface area contributed by atoms with Crippen molar-refractivity contribution < 1.29 is 4.74 Å². The summed E-state index contributed by atoms with van der Waals surface area (Å²) < 4.78 is 7.16. The number of hydrogen-bond acceptors (Lipinski definition) is 3. The van der Waals surface area contributed by atoms with Crippen molar-refractivity contribution in [2.24, 2.45) is 0 Å². The fourth-order valence-corrected chi connectivity index (χ4v) is 2.52. The quantitative estimate of drug-likeness (QED) is 0.780. The van der Waals surface area contributed by atoms with Gasteiger partial charge in [0.25, 0.3) is 5.56 Å². The lowest BCUT2D eigenvalue weighted by molar-refractivity contribution is 0.0688. The number of rotatable bonds is 1. The Morgan fingerprint density at radius 1 is 1.22 bits per heavy atom. The fourth-order valence-electron chi connectivity index (χ4n) is 2.52. The van der Waals surface area contributed by atoms with Crippen molar-refractivity contribution in [3.05, 3.63) is 40.8 Å². The summed E-state index contributed by atoms with van der Waals surface area (Å²) in [7, 11) is 0. The minimum absolute atomic E-state index is 0.0479. The van der Waals surface area contributed by atoms with Gasteiger partial charge in [0.1, 0.15) is 0 Å². The van der Waals surface area contributed by atoms with Crippen LogP contribution in [0, 0.1) is 0 Å². The molecule has 2 N–H and O–H groups in total. The van der Waals surface area contributed by atoms with Crippen molar-refractivity contribution >= 4 is 16.5 Å². The molecule has 4 heteroatoms. The van der Waals surface area contributed by atoms with Crippen LogP contribution in [0.4, 0.5) is 5.69 Å². The molecule has 4 nitrogen and oxygen atoms in total. The summed E-state index contributed by atoms with van der Waals surface area (Å²) in [6.45, 7) is 1.46. The summed E-state index contributed by atoms with van der Waals surface area (Å²) in [5.41, 5.74) is 6.43. The van der Waals surface area contributed by atoms with Gasteiger partial charge >= 0.3 is 0 Å². The highest BCUT2D eigenvalue weighted by molar-refractivity contribution is 5.84. The molecule has 1 fully saturated rings. The Kier molecular flexibility index (Phi) is 2.80. The lowest BCUT2D eigenvalue weighted by atomic mass is 10.1. The predicted molar refractivity (Wildman–Crippen MR) is 71.7 cm³/mol. The van der Waals surface area contributed by atoms with Gasteiger partial charge in [0, 0.05) is 36.5 Å². The van der Waals surface area contributed by atoms with Crippen LogP contribution in [0.1, 0.15) is 18.9 Å². The Labute approximate surface area is 105 Å². The van der Waals surface area contributed by atoms with Crippen molar-refractivity contribution in [1.82, 2.24) is 4.57 Å². The van der Waals surface area contributed by atoms with Crippen LogP contribution >= 0.6 is 0 Å². The van der Waals surface area contributed by atoms with Crippen molar-refractivity contribution in [2.45, 2.75) is 18.9 Å². The highest BCUT2D eigenvalue weighted by atomic mass is 16.5. The first-order valence-electron chi connectivity index (χ1n) is 6.24. The van der Waals surface area contributed by atoms with Gasteiger partial charge < -0.3 is 15.0 Å². The molecule has 1 aliphatic heterocycles. The number of nitrogen functional groups attached to an aromatic ring is 1. The van der Waals surface area contributed by atoms with Crippen LogP contribution in [-0.2, 0) is 4.74 Å². The van der Waals surface area contributed by atoms with Crippen molar-refractivity contribution in [2.75, 3.05) is 18.9 Å².